The molecule has 0 aromatic heterocycles. The van der Waals surface area contributed by atoms with Crippen LogP contribution < -0.4 is 0 Å². The summed E-state index contributed by atoms with van der Waals surface area (Å²) in [4.78, 5) is 0. The van der Waals surface area contributed by atoms with Crippen molar-refractivity contribution in [1.29, 1.82) is 0 Å². The Balaban J connectivity index is 2.04. The Kier molecular flexibility index (Phi) is 2.28. The second-order valence-corrected chi connectivity index (χ2v) is 4.70. The van der Waals surface area contributed by atoms with Gasteiger partial charge in [0.15, 0.2) is 0 Å². The first kappa shape index (κ1) is 9.65. The summed E-state index contributed by atoms with van der Waals surface area (Å²) < 4.78 is 0. The van der Waals surface area contributed by atoms with E-state index in [0.717, 1.165) is 0 Å². The van der Waals surface area contributed by atoms with E-state index in [1.165, 1.54) is 29.5 Å². The lowest BCUT2D eigenvalue weighted by molar-refractivity contribution is 0.788. The fourth-order valence-corrected chi connectivity index (χ4v) is 2.78. The fraction of sp³-hybridized carbons (Fsp3) is 0.250. The first-order chi connectivity index (χ1) is 7.84. The molecule has 0 bridgehead atoms. The van der Waals surface area contributed by atoms with E-state index in [9.17, 15) is 0 Å². The van der Waals surface area contributed by atoms with Gasteiger partial charge in [0.1, 0.15) is 0 Å². The van der Waals surface area contributed by atoms with Gasteiger partial charge in [0.25, 0.3) is 0 Å². The van der Waals surface area contributed by atoms with Crippen molar-refractivity contribution in [2.45, 2.75) is 25.7 Å². The van der Waals surface area contributed by atoms with Crippen LogP contribution in [0.1, 0.15) is 34.6 Å². The average molecular weight is 208 g/mol. The Morgan fingerprint density at radius 3 is 2.62 bits per heavy atom. The molecule has 1 aliphatic carbocycles. The van der Waals surface area contributed by atoms with Gasteiger partial charge in [0.05, 0.1) is 0 Å². The van der Waals surface area contributed by atoms with E-state index in [2.05, 4.69) is 55.5 Å². The maximum absolute atomic E-state index is 2.35. The topological polar surface area (TPSA) is 0 Å². The van der Waals surface area contributed by atoms with E-state index in [-0.39, 0.29) is 0 Å². The zero-order valence-corrected chi connectivity index (χ0v) is 9.61. The van der Waals surface area contributed by atoms with E-state index in [1.807, 2.05) is 0 Å². The highest BCUT2D eigenvalue weighted by Gasteiger charge is 2.23. The summed E-state index contributed by atoms with van der Waals surface area (Å²) in [6.45, 7) is 2.18. The van der Waals surface area contributed by atoms with Crippen molar-refractivity contribution in [2.24, 2.45) is 0 Å². The molecule has 1 atom stereocenters. The smallest absolute Gasteiger partial charge is 0.00952 e. The van der Waals surface area contributed by atoms with Crippen molar-refractivity contribution in [3.8, 4) is 0 Å². The second kappa shape index (κ2) is 3.79. The molecule has 2 aromatic carbocycles. The zero-order chi connectivity index (χ0) is 11.0. The predicted molar refractivity (Wildman–Crippen MR) is 67.8 cm³/mol. The van der Waals surface area contributed by atoms with Crippen LogP contribution in [-0.4, -0.2) is 0 Å². The summed E-state index contributed by atoms with van der Waals surface area (Å²) >= 11 is 0. The largest absolute Gasteiger partial charge is 0.0622 e. The summed E-state index contributed by atoms with van der Waals surface area (Å²) in [6.07, 6.45) is 2.50. The third kappa shape index (κ3) is 1.55. The molecule has 0 unspecified atom stereocenters. The van der Waals surface area contributed by atoms with Crippen LogP contribution in [0.25, 0.3) is 0 Å². The van der Waals surface area contributed by atoms with E-state index < -0.39 is 0 Å². The van der Waals surface area contributed by atoms with E-state index in [1.54, 1.807) is 5.56 Å². The molecule has 0 heteroatoms. The maximum Gasteiger partial charge on any atom is 0.00952 e. The van der Waals surface area contributed by atoms with Crippen LogP contribution in [0.4, 0.5) is 0 Å². The van der Waals surface area contributed by atoms with Crippen molar-refractivity contribution in [3.05, 3.63) is 70.8 Å². The number of benzene rings is 2. The van der Waals surface area contributed by atoms with Gasteiger partial charge in [-0.1, -0.05) is 54.1 Å². The molecule has 3 rings (SSSR count). The van der Waals surface area contributed by atoms with Crippen LogP contribution in [0.5, 0.6) is 0 Å². The number of rotatable bonds is 1. The molecule has 0 saturated heterocycles. The number of fused-ring (bicyclic) bond motifs is 1. The van der Waals surface area contributed by atoms with Crippen molar-refractivity contribution in [1.82, 2.24) is 0 Å². The standard InChI is InChI=1S/C16H16/c1-12-7-9-16-14(11-12)8-10-15(16)13-5-3-2-4-6-13/h2-7,9,11,15H,8,10H2,1H3/t15-/m0/s1. The average Bonchev–Trinajstić information content (AvgIpc) is 2.73. The third-order valence-corrected chi connectivity index (χ3v) is 3.58. The van der Waals surface area contributed by atoms with E-state index >= 15 is 0 Å². The van der Waals surface area contributed by atoms with Crippen LogP contribution in [0, 0.1) is 6.92 Å². The number of hydrogen-bond acceptors (Lipinski definition) is 0. The molecule has 16 heavy (non-hydrogen) atoms. The summed E-state index contributed by atoms with van der Waals surface area (Å²) in [5.74, 6) is 0.622. The van der Waals surface area contributed by atoms with Gasteiger partial charge >= 0.3 is 0 Å². The van der Waals surface area contributed by atoms with Crippen molar-refractivity contribution in [3.63, 3.8) is 0 Å². The molecular weight excluding hydrogens is 192 g/mol. The highest BCUT2D eigenvalue weighted by atomic mass is 14.3. The molecule has 0 aliphatic heterocycles. The molecule has 0 nitrogen and oxygen atoms in total. The van der Waals surface area contributed by atoms with Crippen LogP contribution in [-0.2, 0) is 6.42 Å². The quantitative estimate of drug-likeness (QED) is 0.662. The molecular formula is C16H16. The Morgan fingerprint density at radius 2 is 1.81 bits per heavy atom. The predicted octanol–water partition coefficient (Wildman–Crippen LogP) is 4.07. The van der Waals surface area contributed by atoms with Crippen LogP contribution in [0.3, 0.4) is 0 Å². The van der Waals surface area contributed by atoms with Gasteiger partial charge in [-0.25, -0.2) is 0 Å². The van der Waals surface area contributed by atoms with Crippen LogP contribution in [0.2, 0.25) is 0 Å². The Morgan fingerprint density at radius 1 is 1.00 bits per heavy atom. The molecule has 0 radical (unpaired) electrons. The van der Waals surface area contributed by atoms with Crippen molar-refractivity contribution >= 4 is 0 Å². The van der Waals surface area contributed by atoms with Gasteiger partial charge in [-0.2, -0.15) is 0 Å². The minimum absolute atomic E-state index is 0.622. The first-order valence-electron chi connectivity index (χ1n) is 5.99. The summed E-state index contributed by atoms with van der Waals surface area (Å²) in [5, 5.41) is 0. The lowest BCUT2D eigenvalue weighted by atomic mass is 9.93. The monoisotopic (exact) mass is 208 g/mol. The summed E-state index contributed by atoms with van der Waals surface area (Å²) in [6, 6.07) is 17.8. The lowest BCUT2D eigenvalue weighted by Gasteiger charge is -2.12. The van der Waals surface area contributed by atoms with Crippen molar-refractivity contribution < 1.29 is 0 Å². The maximum atomic E-state index is 2.35. The molecule has 0 saturated carbocycles. The van der Waals surface area contributed by atoms with Crippen molar-refractivity contribution in [2.75, 3.05) is 0 Å². The summed E-state index contributed by atoms with van der Waals surface area (Å²) in [7, 11) is 0. The van der Waals surface area contributed by atoms with Gasteiger partial charge in [-0.3, -0.25) is 0 Å². The SMILES string of the molecule is Cc1ccc2c(c1)CC[C@H]2c1ccccc1. The van der Waals surface area contributed by atoms with Crippen LogP contribution >= 0.6 is 0 Å². The van der Waals surface area contributed by atoms with Gasteiger partial charge < -0.3 is 0 Å². The fourth-order valence-electron chi connectivity index (χ4n) is 2.78. The summed E-state index contributed by atoms with van der Waals surface area (Å²) in [5.41, 5.74) is 5.93. The lowest BCUT2D eigenvalue weighted by Crippen LogP contribution is -1.95. The molecule has 2 aromatic rings. The normalized spacial score (nSPS) is 18.4. The van der Waals surface area contributed by atoms with Gasteiger partial charge in [-0.15, -0.1) is 0 Å². The highest BCUT2D eigenvalue weighted by Crippen LogP contribution is 2.38. The molecule has 0 N–H and O–H groups in total. The Bertz CT molecular complexity index is 497. The minimum atomic E-state index is 0.622. The van der Waals surface area contributed by atoms with Crippen LogP contribution in [0.15, 0.2) is 48.5 Å². The highest BCUT2D eigenvalue weighted by molar-refractivity contribution is 5.43. The van der Waals surface area contributed by atoms with E-state index in [4.69, 9.17) is 0 Å². The minimum Gasteiger partial charge on any atom is -0.0622 e. The molecule has 1 aliphatic rings. The first-order valence-corrected chi connectivity index (χ1v) is 5.99. The van der Waals surface area contributed by atoms with Gasteiger partial charge in [0.2, 0.25) is 0 Å². The molecule has 0 heterocycles. The Hall–Kier alpha value is -1.56. The Labute approximate surface area is 96.9 Å². The number of hydrogen-bond donors (Lipinski definition) is 0. The van der Waals surface area contributed by atoms with Gasteiger partial charge in [-0.05, 0) is 36.5 Å². The molecule has 0 amide bonds. The van der Waals surface area contributed by atoms with E-state index in [0.29, 0.717) is 5.92 Å². The molecule has 0 fully saturated rings. The molecule has 0 spiro atoms. The molecule has 80 valence electrons. The van der Waals surface area contributed by atoms with Gasteiger partial charge in [0, 0.05) is 5.92 Å². The number of aryl methyl sites for hydroxylation is 2. The second-order valence-electron chi connectivity index (χ2n) is 4.70. The third-order valence-electron chi connectivity index (χ3n) is 3.58. The zero-order valence-electron chi connectivity index (χ0n) is 9.61.